The predicted octanol–water partition coefficient (Wildman–Crippen LogP) is 13.5. The van der Waals surface area contributed by atoms with Crippen LogP contribution in [0.15, 0.2) is 199 Å². The van der Waals surface area contributed by atoms with E-state index in [1.165, 1.54) is 21.9 Å². The van der Waals surface area contributed by atoms with Gasteiger partial charge in [-0.1, -0.05) is 146 Å². The van der Waals surface area contributed by atoms with E-state index in [1.807, 2.05) is 36.4 Å². The minimum absolute atomic E-state index is 0.693. The van der Waals surface area contributed by atoms with E-state index in [9.17, 15) is 0 Å². The van der Waals surface area contributed by atoms with Gasteiger partial charge in [0.2, 0.25) is 0 Å². The van der Waals surface area contributed by atoms with Crippen molar-refractivity contribution >= 4 is 32.7 Å². The van der Waals surface area contributed by atoms with Gasteiger partial charge in [-0.3, -0.25) is 0 Å². The number of furan rings is 1. The monoisotopic (exact) mass is 676 g/mol. The van der Waals surface area contributed by atoms with Crippen LogP contribution in [0.4, 0.5) is 0 Å². The molecule has 8 aromatic carbocycles. The summed E-state index contributed by atoms with van der Waals surface area (Å²) in [5.41, 5.74) is 13.4. The molecule has 0 amide bonds. The van der Waals surface area contributed by atoms with Gasteiger partial charge in [0.05, 0.1) is 11.4 Å². The number of aromatic nitrogens is 2. The highest BCUT2D eigenvalue weighted by atomic mass is 16.3. The van der Waals surface area contributed by atoms with Crippen molar-refractivity contribution in [3.05, 3.63) is 194 Å². The number of para-hydroxylation sites is 1. The lowest BCUT2D eigenvalue weighted by Crippen LogP contribution is -1.96. The first-order valence-corrected chi connectivity index (χ1v) is 17.9. The van der Waals surface area contributed by atoms with Gasteiger partial charge in [-0.2, -0.15) is 0 Å². The van der Waals surface area contributed by atoms with Crippen LogP contribution in [0.3, 0.4) is 0 Å². The van der Waals surface area contributed by atoms with Crippen LogP contribution in [-0.2, 0) is 0 Å². The van der Waals surface area contributed by atoms with E-state index in [2.05, 4.69) is 158 Å². The molecule has 0 saturated heterocycles. The number of nitrogens with zero attached hydrogens (tertiary/aromatic N) is 2. The minimum Gasteiger partial charge on any atom is -0.456 e. The first-order chi connectivity index (χ1) is 26.2. The molecule has 0 radical (unpaired) electrons. The maximum absolute atomic E-state index is 6.21. The van der Waals surface area contributed by atoms with Crippen molar-refractivity contribution in [1.82, 2.24) is 9.97 Å². The average molecular weight is 677 g/mol. The lowest BCUT2D eigenvalue weighted by atomic mass is 9.91. The smallest absolute Gasteiger partial charge is 0.160 e. The molecule has 0 aliphatic rings. The summed E-state index contributed by atoms with van der Waals surface area (Å²) >= 11 is 0. The molecule has 0 unspecified atom stereocenters. The molecule has 0 aliphatic heterocycles. The predicted molar refractivity (Wildman–Crippen MR) is 219 cm³/mol. The van der Waals surface area contributed by atoms with Crippen molar-refractivity contribution in [1.29, 1.82) is 0 Å². The van der Waals surface area contributed by atoms with Crippen molar-refractivity contribution in [3.8, 4) is 67.3 Å². The highest BCUT2D eigenvalue weighted by Crippen LogP contribution is 2.39. The van der Waals surface area contributed by atoms with Crippen molar-refractivity contribution in [2.75, 3.05) is 0 Å². The molecular formula is C50H32N2O. The van der Waals surface area contributed by atoms with Crippen LogP contribution < -0.4 is 0 Å². The summed E-state index contributed by atoms with van der Waals surface area (Å²) in [6.07, 6.45) is 0. The summed E-state index contributed by atoms with van der Waals surface area (Å²) in [6.45, 7) is 0. The van der Waals surface area contributed by atoms with Crippen LogP contribution in [0.5, 0.6) is 0 Å². The lowest BCUT2D eigenvalue weighted by Gasteiger charge is -2.14. The zero-order valence-electron chi connectivity index (χ0n) is 28.8. The summed E-state index contributed by atoms with van der Waals surface area (Å²) in [7, 11) is 0. The van der Waals surface area contributed by atoms with E-state index < -0.39 is 0 Å². The van der Waals surface area contributed by atoms with Crippen molar-refractivity contribution in [2.24, 2.45) is 0 Å². The molecule has 10 aromatic rings. The van der Waals surface area contributed by atoms with Gasteiger partial charge in [0.25, 0.3) is 0 Å². The Labute approximate surface area is 307 Å². The Morgan fingerprint density at radius 3 is 1.66 bits per heavy atom. The molecule has 248 valence electrons. The molecule has 2 aromatic heterocycles. The number of fused-ring (bicyclic) bond motifs is 4. The van der Waals surface area contributed by atoms with Gasteiger partial charge >= 0.3 is 0 Å². The molecule has 0 spiro atoms. The summed E-state index contributed by atoms with van der Waals surface area (Å²) in [5.74, 6) is 0.693. The molecule has 0 N–H and O–H groups in total. The standard InChI is InChI=1S/C50H32N2O/c1-3-14-34(15-4-1)46-32-47(52-50(51-46)35-16-5-2-6-17-35)41-29-39(36-19-11-20-38(27-36)43-23-12-18-33-13-7-8-21-42(33)43)28-40(30-41)37-25-26-49-45(31-37)44-22-9-10-24-48(44)53-49/h1-32H. The van der Waals surface area contributed by atoms with Crippen LogP contribution in [0.2, 0.25) is 0 Å². The van der Waals surface area contributed by atoms with Crippen LogP contribution in [-0.4, -0.2) is 9.97 Å². The molecule has 53 heavy (non-hydrogen) atoms. The van der Waals surface area contributed by atoms with Crippen LogP contribution in [0, 0.1) is 0 Å². The molecule has 0 saturated carbocycles. The van der Waals surface area contributed by atoms with Crippen molar-refractivity contribution in [2.45, 2.75) is 0 Å². The molecule has 2 heterocycles. The van der Waals surface area contributed by atoms with Crippen molar-refractivity contribution < 1.29 is 4.42 Å². The molecule has 0 aliphatic carbocycles. The van der Waals surface area contributed by atoms with Crippen LogP contribution >= 0.6 is 0 Å². The fraction of sp³-hybridized carbons (Fsp3) is 0. The second-order valence-electron chi connectivity index (χ2n) is 13.4. The molecule has 0 fully saturated rings. The Bertz CT molecular complexity index is 2880. The van der Waals surface area contributed by atoms with Gasteiger partial charge in [-0.15, -0.1) is 0 Å². The van der Waals surface area contributed by atoms with E-state index in [4.69, 9.17) is 14.4 Å². The third kappa shape index (κ3) is 5.75. The lowest BCUT2D eigenvalue weighted by molar-refractivity contribution is 0.669. The Balaban J connectivity index is 1.19. The zero-order chi connectivity index (χ0) is 35.1. The fourth-order valence-corrected chi connectivity index (χ4v) is 7.43. The largest absolute Gasteiger partial charge is 0.456 e. The highest BCUT2D eigenvalue weighted by molar-refractivity contribution is 6.06. The Morgan fingerprint density at radius 2 is 0.849 bits per heavy atom. The second-order valence-corrected chi connectivity index (χ2v) is 13.4. The van der Waals surface area contributed by atoms with Gasteiger partial charge < -0.3 is 4.42 Å². The van der Waals surface area contributed by atoms with E-state index in [-0.39, 0.29) is 0 Å². The van der Waals surface area contributed by atoms with E-state index in [1.54, 1.807) is 0 Å². The summed E-state index contributed by atoms with van der Waals surface area (Å²) in [5, 5.41) is 4.68. The van der Waals surface area contributed by atoms with E-state index in [0.29, 0.717) is 5.82 Å². The third-order valence-corrected chi connectivity index (χ3v) is 10.1. The average Bonchev–Trinajstić information content (AvgIpc) is 3.62. The second kappa shape index (κ2) is 12.9. The maximum atomic E-state index is 6.21. The summed E-state index contributed by atoms with van der Waals surface area (Å²) < 4.78 is 6.21. The van der Waals surface area contributed by atoms with Gasteiger partial charge in [0.1, 0.15) is 11.2 Å². The van der Waals surface area contributed by atoms with Crippen LogP contribution in [0.25, 0.3) is 100.0 Å². The summed E-state index contributed by atoms with van der Waals surface area (Å²) in [6, 6.07) is 68.2. The quantitative estimate of drug-likeness (QED) is 0.176. The number of benzene rings is 8. The van der Waals surface area contributed by atoms with Gasteiger partial charge in [-0.05, 0) is 92.7 Å². The maximum Gasteiger partial charge on any atom is 0.160 e. The Morgan fingerprint density at radius 1 is 0.302 bits per heavy atom. The SMILES string of the molecule is c1ccc(-c2cc(-c3cc(-c4cccc(-c5cccc6ccccc56)c4)cc(-c4ccc5oc6ccccc6c5c4)c3)nc(-c3ccccc3)n2)cc1. The zero-order valence-corrected chi connectivity index (χ0v) is 28.8. The third-order valence-electron chi connectivity index (χ3n) is 10.1. The number of hydrogen-bond donors (Lipinski definition) is 0. The normalized spacial score (nSPS) is 11.4. The first kappa shape index (κ1) is 30.7. The van der Waals surface area contributed by atoms with Gasteiger partial charge in [-0.25, -0.2) is 9.97 Å². The molecular weight excluding hydrogens is 645 g/mol. The molecule has 3 heteroatoms. The van der Waals surface area contributed by atoms with Gasteiger partial charge in [0, 0.05) is 27.5 Å². The molecule has 3 nitrogen and oxygen atoms in total. The van der Waals surface area contributed by atoms with Crippen molar-refractivity contribution in [3.63, 3.8) is 0 Å². The first-order valence-electron chi connectivity index (χ1n) is 17.9. The summed E-state index contributed by atoms with van der Waals surface area (Å²) in [4.78, 5) is 10.3. The fourth-order valence-electron chi connectivity index (χ4n) is 7.43. The van der Waals surface area contributed by atoms with Gasteiger partial charge in [0.15, 0.2) is 5.82 Å². The Hall–Kier alpha value is -7.10. The minimum atomic E-state index is 0.693. The molecule has 0 bridgehead atoms. The van der Waals surface area contributed by atoms with E-state index in [0.717, 1.165) is 72.3 Å². The number of hydrogen-bond acceptors (Lipinski definition) is 3. The number of rotatable bonds is 6. The molecule has 0 atom stereocenters. The Kier molecular flexibility index (Phi) is 7.47. The molecule has 10 rings (SSSR count). The van der Waals surface area contributed by atoms with E-state index >= 15 is 0 Å². The highest BCUT2D eigenvalue weighted by Gasteiger charge is 2.15. The van der Waals surface area contributed by atoms with Crippen LogP contribution in [0.1, 0.15) is 0 Å². The topological polar surface area (TPSA) is 38.9 Å².